The number of likely N-dealkylation sites (N-methyl/N-ethyl adjacent to an activating group) is 1. The molecule has 1 spiro atoms. The van der Waals surface area contributed by atoms with E-state index in [-0.39, 0.29) is 11.3 Å². The molecule has 122 valence electrons. The number of carbonyl (C=O) groups is 1. The van der Waals surface area contributed by atoms with Gasteiger partial charge in [-0.2, -0.15) is 0 Å². The van der Waals surface area contributed by atoms with Crippen LogP contribution in [0.3, 0.4) is 0 Å². The molecule has 1 aromatic rings. The smallest absolute Gasteiger partial charge is 0.257 e. The van der Waals surface area contributed by atoms with Gasteiger partial charge >= 0.3 is 0 Å². The number of furan rings is 1. The van der Waals surface area contributed by atoms with E-state index in [9.17, 15) is 4.79 Å². The SMILES string of the molecule is CCN1CCOC[C@]2(CCCN(C(=O)c3ccoc3C)C2)C1. The predicted octanol–water partition coefficient (Wildman–Crippen LogP) is 2.16. The molecule has 0 bridgehead atoms. The molecule has 0 radical (unpaired) electrons. The summed E-state index contributed by atoms with van der Waals surface area (Å²) < 4.78 is 11.2. The standard InChI is InChI=1S/C17H26N2O3/c1-3-18-8-10-21-13-17(11-18)6-4-7-19(12-17)16(20)15-5-9-22-14(15)2/h5,9H,3-4,6-8,10-13H2,1-2H3/t17-/m1/s1. The molecule has 0 aliphatic carbocycles. The number of carbonyl (C=O) groups excluding carboxylic acids is 1. The predicted molar refractivity (Wildman–Crippen MR) is 83.9 cm³/mol. The normalized spacial score (nSPS) is 27.1. The molecule has 1 atom stereocenters. The summed E-state index contributed by atoms with van der Waals surface area (Å²) in [7, 11) is 0. The summed E-state index contributed by atoms with van der Waals surface area (Å²) >= 11 is 0. The largest absolute Gasteiger partial charge is 0.469 e. The maximum Gasteiger partial charge on any atom is 0.257 e. The second-order valence-electron chi connectivity index (χ2n) is 6.64. The van der Waals surface area contributed by atoms with E-state index in [4.69, 9.17) is 9.15 Å². The minimum Gasteiger partial charge on any atom is -0.469 e. The fraction of sp³-hybridized carbons (Fsp3) is 0.706. The van der Waals surface area contributed by atoms with Gasteiger partial charge in [0.2, 0.25) is 0 Å². The number of likely N-dealkylation sites (tertiary alicyclic amines) is 1. The van der Waals surface area contributed by atoms with Gasteiger partial charge in [0.05, 0.1) is 25.0 Å². The maximum atomic E-state index is 12.8. The lowest BCUT2D eigenvalue weighted by molar-refractivity contribution is 0.00760. The molecular weight excluding hydrogens is 280 g/mol. The molecule has 2 saturated heterocycles. The highest BCUT2D eigenvalue weighted by Crippen LogP contribution is 2.33. The van der Waals surface area contributed by atoms with Gasteiger partial charge in [0.25, 0.3) is 5.91 Å². The average Bonchev–Trinajstić information content (AvgIpc) is 2.86. The average molecular weight is 306 g/mol. The number of hydrogen-bond donors (Lipinski definition) is 0. The van der Waals surface area contributed by atoms with Crippen molar-refractivity contribution < 1.29 is 13.9 Å². The first-order valence-electron chi connectivity index (χ1n) is 8.27. The lowest BCUT2D eigenvalue weighted by Gasteiger charge is -2.43. The van der Waals surface area contributed by atoms with Crippen LogP contribution in [0.15, 0.2) is 16.7 Å². The Bertz CT molecular complexity index is 528. The molecule has 5 heteroatoms. The molecule has 0 aromatic carbocycles. The molecule has 5 nitrogen and oxygen atoms in total. The molecule has 1 amide bonds. The van der Waals surface area contributed by atoms with E-state index in [0.29, 0.717) is 11.3 Å². The fourth-order valence-electron chi connectivity index (χ4n) is 3.76. The van der Waals surface area contributed by atoms with Crippen molar-refractivity contribution in [2.75, 3.05) is 45.9 Å². The summed E-state index contributed by atoms with van der Waals surface area (Å²) in [6, 6.07) is 1.78. The number of ether oxygens (including phenoxy) is 1. The highest BCUT2D eigenvalue weighted by Gasteiger charge is 2.40. The monoisotopic (exact) mass is 306 g/mol. The number of nitrogens with zero attached hydrogens (tertiary/aromatic N) is 2. The number of amides is 1. The highest BCUT2D eigenvalue weighted by molar-refractivity contribution is 5.95. The number of rotatable bonds is 2. The zero-order valence-corrected chi connectivity index (χ0v) is 13.6. The van der Waals surface area contributed by atoms with Crippen LogP contribution in [0.2, 0.25) is 0 Å². The Balaban J connectivity index is 1.75. The Kier molecular flexibility index (Phi) is 4.54. The molecule has 2 aliphatic heterocycles. The molecule has 22 heavy (non-hydrogen) atoms. The zero-order chi connectivity index (χ0) is 15.6. The molecule has 3 heterocycles. The van der Waals surface area contributed by atoms with Crippen molar-refractivity contribution in [1.82, 2.24) is 9.80 Å². The van der Waals surface area contributed by atoms with Crippen LogP contribution in [-0.2, 0) is 4.74 Å². The van der Waals surface area contributed by atoms with Gasteiger partial charge in [-0.25, -0.2) is 0 Å². The molecule has 0 saturated carbocycles. The lowest BCUT2D eigenvalue weighted by Crippen LogP contribution is -2.52. The van der Waals surface area contributed by atoms with Crippen LogP contribution >= 0.6 is 0 Å². The third-order valence-electron chi connectivity index (χ3n) is 5.00. The summed E-state index contributed by atoms with van der Waals surface area (Å²) in [5.74, 6) is 0.801. The van der Waals surface area contributed by atoms with E-state index in [1.54, 1.807) is 12.3 Å². The first kappa shape index (κ1) is 15.6. The number of piperidine rings is 1. The van der Waals surface area contributed by atoms with Crippen molar-refractivity contribution >= 4 is 5.91 Å². The lowest BCUT2D eigenvalue weighted by atomic mass is 9.80. The quantitative estimate of drug-likeness (QED) is 0.840. The molecule has 2 fully saturated rings. The maximum absolute atomic E-state index is 12.8. The van der Waals surface area contributed by atoms with Gasteiger partial charge in [0, 0.05) is 31.6 Å². The summed E-state index contributed by atoms with van der Waals surface area (Å²) in [5, 5.41) is 0. The van der Waals surface area contributed by atoms with Gasteiger partial charge in [0.15, 0.2) is 0 Å². The molecule has 0 N–H and O–H groups in total. The van der Waals surface area contributed by atoms with Gasteiger partial charge in [-0.15, -0.1) is 0 Å². The second-order valence-corrected chi connectivity index (χ2v) is 6.64. The Labute approximate surface area is 132 Å². The zero-order valence-electron chi connectivity index (χ0n) is 13.6. The Morgan fingerprint density at radius 1 is 1.36 bits per heavy atom. The van der Waals surface area contributed by atoms with Crippen molar-refractivity contribution in [1.29, 1.82) is 0 Å². The minimum atomic E-state index is 0.0814. The Morgan fingerprint density at radius 2 is 2.23 bits per heavy atom. The van der Waals surface area contributed by atoms with E-state index < -0.39 is 0 Å². The number of hydrogen-bond acceptors (Lipinski definition) is 4. The fourth-order valence-corrected chi connectivity index (χ4v) is 3.76. The Hall–Kier alpha value is -1.33. The molecule has 1 aromatic heterocycles. The Morgan fingerprint density at radius 3 is 2.95 bits per heavy atom. The van der Waals surface area contributed by atoms with Gasteiger partial charge < -0.3 is 19.0 Å². The topological polar surface area (TPSA) is 45.9 Å². The molecule has 3 rings (SSSR count). The third kappa shape index (κ3) is 3.06. The summed E-state index contributed by atoms with van der Waals surface area (Å²) in [4.78, 5) is 17.2. The van der Waals surface area contributed by atoms with E-state index in [1.807, 2.05) is 11.8 Å². The van der Waals surface area contributed by atoms with Gasteiger partial charge in [-0.05, 0) is 32.4 Å². The van der Waals surface area contributed by atoms with Crippen molar-refractivity contribution in [2.45, 2.75) is 26.7 Å². The van der Waals surface area contributed by atoms with Crippen LogP contribution < -0.4 is 0 Å². The van der Waals surface area contributed by atoms with Crippen LogP contribution in [0.25, 0.3) is 0 Å². The highest BCUT2D eigenvalue weighted by atomic mass is 16.5. The molecule has 2 aliphatic rings. The first-order valence-corrected chi connectivity index (χ1v) is 8.27. The summed E-state index contributed by atoms with van der Waals surface area (Å²) in [6.45, 7) is 10.3. The van der Waals surface area contributed by atoms with Gasteiger partial charge in [-0.1, -0.05) is 6.92 Å². The minimum absolute atomic E-state index is 0.0814. The van der Waals surface area contributed by atoms with Gasteiger partial charge in [0.1, 0.15) is 5.76 Å². The van der Waals surface area contributed by atoms with Crippen LogP contribution in [0, 0.1) is 12.3 Å². The van der Waals surface area contributed by atoms with Crippen LogP contribution in [-0.4, -0.2) is 61.6 Å². The van der Waals surface area contributed by atoms with Crippen molar-refractivity contribution in [3.8, 4) is 0 Å². The van der Waals surface area contributed by atoms with Crippen LogP contribution in [0.4, 0.5) is 0 Å². The van der Waals surface area contributed by atoms with Gasteiger partial charge in [-0.3, -0.25) is 4.79 Å². The van der Waals surface area contributed by atoms with Crippen LogP contribution in [0.1, 0.15) is 35.9 Å². The van der Waals surface area contributed by atoms with Crippen molar-refractivity contribution in [3.05, 3.63) is 23.7 Å². The van der Waals surface area contributed by atoms with E-state index in [2.05, 4.69) is 11.8 Å². The van der Waals surface area contributed by atoms with E-state index >= 15 is 0 Å². The third-order valence-corrected chi connectivity index (χ3v) is 5.00. The first-order chi connectivity index (χ1) is 10.6. The van der Waals surface area contributed by atoms with Crippen LogP contribution in [0.5, 0.6) is 0 Å². The summed E-state index contributed by atoms with van der Waals surface area (Å²) in [6.07, 6.45) is 3.77. The molecular formula is C17H26N2O3. The summed E-state index contributed by atoms with van der Waals surface area (Å²) in [5.41, 5.74) is 0.775. The second kappa shape index (κ2) is 6.42. The van der Waals surface area contributed by atoms with Crippen molar-refractivity contribution in [2.24, 2.45) is 5.41 Å². The number of aryl methyl sites for hydroxylation is 1. The van der Waals surface area contributed by atoms with E-state index in [0.717, 1.165) is 58.8 Å². The molecule has 0 unspecified atom stereocenters. The van der Waals surface area contributed by atoms with E-state index in [1.165, 1.54) is 0 Å². The van der Waals surface area contributed by atoms with Crippen molar-refractivity contribution in [3.63, 3.8) is 0 Å².